The summed E-state index contributed by atoms with van der Waals surface area (Å²) in [6, 6.07) is 13.3. The number of anilines is 1. The van der Waals surface area contributed by atoms with Crippen LogP contribution < -0.4 is 10.6 Å². The normalized spacial score (nSPS) is 17.6. The van der Waals surface area contributed by atoms with Crippen LogP contribution in [0.1, 0.15) is 24.9 Å². The van der Waals surface area contributed by atoms with E-state index in [9.17, 15) is 14.0 Å². The number of halogens is 1. The van der Waals surface area contributed by atoms with Gasteiger partial charge in [-0.2, -0.15) is 0 Å². The van der Waals surface area contributed by atoms with Crippen LogP contribution in [0.3, 0.4) is 0 Å². The zero-order valence-corrected chi connectivity index (χ0v) is 13.9. The molecule has 3 rings (SSSR count). The van der Waals surface area contributed by atoms with E-state index in [-0.39, 0.29) is 30.1 Å². The Morgan fingerprint density at radius 3 is 2.71 bits per heavy atom. The van der Waals surface area contributed by atoms with Crippen molar-refractivity contribution in [1.29, 1.82) is 0 Å². The summed E-state index contributed by atoms with van der Waals surface area (Å²) in [5.41, 5.74) is 1.60. The SMILES string of the molecule is C[C@H](NC(=O)C[C@H]1Sc2ccccc2NC1=O)c1ccc(F)cc1. The van der Waals surface area contributed by atoms with Crippen molar-refractivity contribution in [3.8, 4) is 0 Å². The van der Waals surface area contributed by atoms with Gasteiger partial charge in [0.25, 0.3) is 0 Å². The minimum absolute atomic E-state index is 0.0936. The van der Waals surface area contributed by atoms with E-state index in [0.717, 1.165) is 16.1 Å². The van der Waals surface area contributed by atoms with Crippen molar-refractivity contribution in [2.45, 2.75) is 29.5 Å². The first kappa shape index (κ1) is 16.5. The summed E-state index contributed by atoms with van der Waals surface area (Å²) in [7, 11) is 0. The first-order valence-corrected chi connectivity index (χ1v) is 8.52. The van der Waals surface area contributed by atoms with Gasteiger partial charge >= 0.3 is 0 Å². The van der Waals surface area contributed by atoms with Crippen LogP contribution in [0.15, 0.2) is 53.4 Å². The van der Waals surface area contributed by atoms with Crippen molar-refractivity contribution in [2.24, 2.45) is 0 Å². The van der Waals surface area contributed by atoms with Gasteiger partial charge in [-0.05, 0) is 36.8 Å². The van der Waals surface area contributed by atoms with Crippen molar-refractivity contribution in [2.75, 3.05) is 5.32 Å². The predicted octanol–water partition coefficient (Wildman–Crippen LogP) is 3.51. The van der Waals surface area contributed by atoms with E-state index in [4.69, 9.17) is 0 Å². The first-order valence-electron chi connectivity index (χ1n) is 7.64. The molecule has 124 valence electrons. The van der Waals surface area contributed by atoms with Crippen LogP contribution in [0.4, 0.5) is 10.1 Å². The number of rotatable bonds is 4. The second-order valence-corrected chi connectivity index (χ2v) is 6.88. The predicted molar refractivity (Wildman–Crippen MR) is 92.3 cm³/mol. The van der Waals surface area contributed by atoms with Gasteiger partial charge in [-0.25, -0.2) is 4.39 Å². The molecular weight excluding hydrogens is 327 g/mol. The second-order valence-electron chi connectivity index (χ2n) is 5.64. The van der Waals surface area contributed by atoms with E-state index in [0.29, 0.717) is 0 Å². The van der Waals surface area contributed by atoms with Crippen LogP contribution in [-0.4, -0.2) is 17.1 Å². The van der Waals surface area contributed by atoms with Crippen molar-refractivity contribution >= 4 is 29.3 Å². The van der Waals surface area contributed by atoms with Gasteiger partial charge < -0.3 is 10.6 Å². The number of carbonyl (C=O) groups excluding carboxylic acids is 2. The summed E-state index contributed by atoms with van der Waals surface area (Å²) >= 11 is 1.40. The third kappa shape index (κ3) is 3.76. The summed E-state index contributed by atoms with van der Waals surface area (Å²) in [5.74, 6) is -0.687. The van der Waals surface area contributed by atoms with Gasteiger partial charge in [0.15, 0.2) is 0 Å². The maximum Gasteiger partial charge on any atom is 0.238 e. The van der Waals surface area contributed by atoms with E-state index in [1.54, 1.807) is 12.1 Å². The summed E-state index contributed by atoms with van der Waals surface area (Å²) in [6.07, 6.45) is 0.0936. The molecule has 0 bridgehead atoms. The average molecular weight is 344 g/mol. The van der Waals surface area contributed by atoms with Gasteiger partial charge in [-0.15, -0.1) is 11.8 Å². The minimum atomic E-state index is -0.458. The molecule has 2 amide bonds. The molecule has 0 fully saturated rings. The molecule has 0 unspecified atom stereocenters. The Balaban J connectivity index is 1.61. The number of amides is 2. The number of benzene rings is 2. The highest BCUT2D eigenvalue weighted by molar-refractivity contribution is 8.01. The lowest BCUT2D eigenvalue weighted by Gasteiger charge is -2.24. The number of fused-ring (bicyclic) bond motifs is 1. The quantitative estimate of drug-likeness (QED) is 0.892. The maximum atomic E-state index is 13.0. The van der Waals surface area contributed by atoms with E-state index in [1.165, 1.54) is 23.9 Å². The molecule has 1 heterocycles. The molecule has 4 nitrogen and oxygen atoms in total. The smallest absolute Gasteiger partial charge is 0.238 e. The second kappa shape index (κ2) is 7.05. The van der Waals surface area contributed by atoms with E-state index >= 15 is 0 Å². The van der Waals surface area contributed by atoms with Gasteiger partial charge in [0.1, 0.15) is 5.82 Å². The molecular formula is C18H17FN2O2S. The molecule has 0 saturated carbocycles. The topological polar surface area (TPSA) is 58.2 Å². The average Bonchev–Trinajstić information content (AvgIpc) is 2.56. The lowest BCUT2D eigenvalue weighted by Crippen LogP contribution is -2.35. The number of hydrogen-bond acceptors (Lipinski definition) is 3. The highest BCUT2D eigenvalue weighted by Gasteiger charge is 2.29. The van der Waals surface area contributed by atoms with Crippen LogP contribution in [0.5, 0.6) is 0 Å². The fraction of sp³-hybridized carbons (Fsp3) is 0.222. The monoisotopic (exact) mass is 344 g/mol. The molecule has 1 aliphatic rings. The van der Waals surface area contributed by atoms with E-state index in [1.807, 2.05) is 31.2 Å². The fourth-order valence-corrected chi connectivity index (χ4v) is 3.64. The summed E-state index contributed by atoms with van der Waals surface area (Å²) < 4.78 is 13.0. The van der Waals surface area contributed by atoms with Gasteiger partial charge in [-0.1, -0.05) is 24.3 Å². The Bertz CT molecular complexity index is 764. The van der Waals surface area contributed by atoms with E-state index in [2.05, 4.69) is 10.6 Å². The summed E-state index contributed by atoms with van der Waals surface area (Å²) in [6.45, 7) is 1.83. The molecule has 2 N–H and O–H groups in total. The number of nitrogens with one attached hydrogen (secondary N) is 2. The van der Waals surface area contributed by atoms with Gasteiger partial charge in [-0.3, -0.25) is 9.59 Å². The largest absolute Gasteiger partial charge is 0.350 e. The van der Waals surface area contributed by atoms with Crippen LogP contribution in [0.25, 0.3) is 0 Å². The third-order valence-corrected chi connectivity index (χ3v) is 5.10. The molecule has 24 heavy (non-hydrogen) atoms. The third-order valence-electron chi connectivity index (χ3n) is 3.82. The molecule has 0 saturated heterocycles. The number of carbonyl (C=O) groups is 2. The Hall–Kier alpha value is -2.34. The van der Waals surface area contributed by atoms with Gasteiger partial charge in [0.05, 0.1) is 17.0 Å². The standard InChI is InChI=1S/C18H17FN2O2S/c1-11(12-6-8-13(19)9-7-12)20-17(22)10-16-18(23)21-14-4-2-3-5-15(14)24-16/h2-9,11,16H,10H2,1H3,(H,20,22)(H,21,23)/t11-,16+/m0/s1. The number of hydrogen-bond donors (Lipinski definition) is 2. The Kier molecular flexibility index (Phi) is 4.85. The van der Waals surface area contributed by atoms with Crippen LogP contribution >= 0.6 is 11.8 Å². The van der Waals surface area contributed by atoms with Crippen LogP contribution in [-0.2, 0) is 9.59 Å². The minimum Gasteiger partial charge on any atom is -0.350 e. The Morgan fingerprint density at radius 1 is 1.25 bits per heavy atom. The molecule has 2 atom stereocenters. The summed E-state index contributed by atoms with van der Waals surface area (Å²) in [4.78, 5) is 25.3. The molecule has 0 radical (unpaired) electrons. The Morgan fingerprint density at radius 2 is 1.96 bits per heavy atom. The molecule has 2 aromatic carbocycles. The maximum absolute atomic E-state index is 13.0. The van der Waals surface area contributed by atoms with Crippen molar-refractivity contribution < 1.29 is 14.0 Å². The zero-order valence-electron chi connectivity index (χ0n) is 13.1. The van der Waals surface area contributed by atoms with Crippen molar-refractivity contribution in [3.05, 3.63) is 59.9 Å². The molecule has 0 aliphatic carbocycles. The van der Waals surface area contributed by atoms with Crippen LogP contribution in [0, 0.1) is 5.82 Å². The fourth-order valence-electron chi connectivity index (χ4n) is 2.53. The molecule has 6 heteroatoms. The highest BCUT2D eigenvalue weighted by Crippen LogP contribution is 2.36. The Labute approximate surface area is 143 Å². The molecule has 2 aromatic rings. The first-order chi connectivity index (χ1) is 11.5. The number of thioether (sulfide) groups is 1. The zero-order chi connectivity index (χ0) is 17.1. The molecule has 0 spiro atoms. The molecule has 1 aliphatic heterocycles. The van der Waals surface area contributed by atoms with Gasteiger partial charge in [0.2, 0.25) is 11.8 Å². The van der Waals surface area contributed by atoms with E-state index < -0.39 is 5.25 Å². The lowest BCUT2D eigenvalue weighted by molar-refractivity contribution is -0.124. The number of para-hydroxylation sites is 1. The lowest BCUT2D eigenvalue weighted by atomic mass is 10.1. The van der Waals surface area contributed by atoms with Crippen molar-refractivity contribution in [3.63, 3.8) is 0 Å². The van der Waals surface area contributed by atoms with Crippen molar-refractivity contribution in [1.82, 2.24) is 5.32 Å². The highest BCUT2D eigenvalue weighted by atomic mass is 32.2. The molecule has 0 aromatic heterocycles. The summed E-state index contributed by atoms with van der Waals surface area (Å²) in [5, 5.41) is 5.22. The van der Waals surface area contributed by atoms with Gasteiger partial charge in [0, 0.05) is 11.3 Å². The van der Waals surface area contributed by atoms with Crippen LogP contribution in [0.2, 0.25) is 0 Å².